The molecule has 1 aliphatic rings. The van der Waals surface area contributed by atoms with Crippen molar-refractivity contribution in [2.24, 2.45) is 5.14 Å². The van der Waals surface area contributed by atoms with Crippen molar-refractivity contribution >= 4 is 31.9 Å². The summed E-state index contributed by atoms with van der Waals surface area (Å²) in [5, 5.41) is 7.64. The van der Waals surface area contributed by atoms with Crippen molar-refractivity contribution in [3.63, 3.8) is 0 Å². The van der Waals surface area contributed by atoms with Gasteiger partial charge in [0.1, 0.15) is 4.90 Å². The van der Waals surface area contributed by atoms with Crippen molar-refractivity contribution in [2.45, 2.75) is 30.3 Å². The van der Waals surface area contributed by atoms with Gasteiger partial charge in [-0.2, -0.15) is 0 Å². The SMILES string of the molecule is NS(=O)(=O)c1cc(C(=O)NCCC2CCCO2)oc1Br. The van der Waals surface area contributed by atoms with Gasteiger partial charge in [0.15, 0.2) is 10.4 Å². The van der Waals surface area contributed by atoms with Crippen LogP contribution in [0.25, 0.3) is 0 Å². The normalized spacial score (nSPS) is 19.2. The molecule has 9 heteroatoms. The first-order valence-corrected chi connectivity index (χ1v) is 8.44. The van der Waals surface area contributed by atoms with Crippen molar-refractivity contribution < 1.29 is 22.4 Å². The highest BCUT2D eigenvalue weighted by molar-refractivity contribution is 9.10. The summed E-state index contributed by atoms with van der Waals surface area (Å²) in [6.07, 6.45) is 2.94. The fourth-order valence-corrected chi connectivity index (χ4v) is 3.47. The number of nitrogens with two attached hydrogens (primary N) is 1. The lowest BCUT2D eigenvalue weighted by atomic mass is 10.2. The van der Waals surface area contributed by atoms with Crippen molar-refractivity contribution in [2.75, 3.05) is 13.2 Å². The van der Waals surface area contributed by atoms with Crippen LogP contribution in [0.4, 0.5) is 0 Å². The Hall–Kier alpha value is -0.900. The van der Waals surface area contributed by atoms with E-state index in [0.29, 0.717) is 6.54 Å². The molecule has 1 saturated heterocycles. The van der Waals surface area contributed by atoms with Crippen molar-refractivity contribution in [1.29, 1.82) is 0 Å². The Labute approximate surface area is 125 Å². The van der Waals surface area contributed by atoms with Gasteiger partial charge in [0.25, 0.3) is 5.91 Å². The molecule has 0 aliphatic carbocycles. The van der Waals surface area contributed by atoms with Gasteiger partial charge in [0.05, 0.1) is 6.10 Å². The largest absolute Gasteiger partial charge is 0.443 e. The molecule has 1 aliphatic heterocycles. The molecule has 3 N–H and O–H groups in total. The van der Waals surface area contributed by atoms with E-state index in [4.69, 9.17) is 14.3 Å². The van der Waals surface area contributed by atoms with Crippen LogP contribution in [-0.2, 0) is 14.8 Å². The third-order valence-corrected chi connectivity index (χ3v) is 4.73. The number of sulfonamides is 1. The highest BCUT2D eigenvalue weighted by atomic mass is 79.9. The third-order valence-electron chi connectivity index (χ3n) is 2.96. The smallest absolute Gasteiger partial charge is 0.287 e. The number of hydrogen-bond acceptors (Lipinski definition) is 5. The number of carbonyl (C=O) groups excluding carboxylic acids is 1. The van der Waals surface area contributed by atoms with Gasteiger partial charge in [-0.1, -0.05) is 0 Å². The maximum Gasteiger partial charge on any atom is 0.287 e. The van der Waals surface area contributed by atoms with Crippen LogP contribution in [0.5, 0.6) is 0 Å². The molecule has 1 aromatic rings. The molecule has 0 aromatic carbocycles. The summed E-state index contributed by atoms with van der Waals surface area (Å²) in [6, 6.07) is 1.10. The zero-order valence-corrected chi connectivity index (χ0v) is 13.0. The molecular weight excluding hydrogens is 352 g/mol. The van der Waals surface area contributed by atoms with Gasteiger partial charge in [0, 0.05) is 19.2 Å². The van der Waals surface area contributed by atoms with E-state index in [9.17, 15) is 13.2 Å². The number of primary sulfonamides is 1. The van der Waals surface area contributed by atoms with Gasteiger partial charge in [-0.3, -0.25) is 4.79 Å². The number of carbonyl (C=O) groups is 1. The molecule has 20 heavy (non-hydrogen) atoms. The second kappa shape index (κ2) is 6.25. The molecule has 112 valence electrons. The molecule has 1 aromatic heterocycles. The summed E-state index contributed by atoms with van der Waals surface area (Å²) >= 11 is 2.92. The van der Waals surface area contributed by atoms with Crippen LogP contribution >= 0.6 is 15.9 Å². The molecule has 0 radical (unpaired) electrons. The zero-order valence-electron chi connectivity index (χ0n) is 10.6. The van der Waals surface area contributed by atoms with E-state index in [1.165, 1.54) is 0 Å². The average molecular weight is 367 g/mol. The van der Waals surface area contributed by atoms with Crippen molar-refractivity contribution in [3.05, 3.63) is 16.5 Å². The Bertz CT molecular complexity index is 592. The molecule has 7 nitrogen and oxygen atoms in total. The number of furan rings is 1. The molecule has 1 unspecified atom stereocenters. The fourth-order valence-electron chi connectivity index (χ4n) is 1.96. The number of rotatable bonds is 5. The Morgan fingerprint density at radius 1 is 1.55 bits per heavy atom. The summed E-state index contributed by atoms with van der Waals surface area (Å²) in [5.74, 6) is -0.591. The van der Waals surface area contributed by atoms with E-state index in [1.807, 2.05) is 0 Å². The van der Waals surface area contributed by atoms with Crippen LogP contribution in [0.2, 0.25) is 0 Å². The quantitative estimate of drug-likeness (QED) is 0.806. The van der Waals surface area contributed by atoms with Gasteiger partial charge >= 0.3 is 0 Å². The van der Waals surface area contributed by atoms with Crippen LogP contribution in [0.15, 0.2) is 20.0 Å². The first kappa shape index (κ1) is 15.5. The first-order chi connectivity index (χ1) is 9.38. The Kier molecular flexibility index (Phi) is 4.84. The van der Waals surface area contributed by atoms with Crippen molar-refractivity contribution in [3.8, 4) is 0 Å². The molecule has 1 atom stereocenters. The second-order valence-electron chi connectivity index (χ2n) is 4.47. The van der Waals surface area contributed by atoms with E-state index in [1.54, 1.807) is 0 Å². The van der Waals surface area contributed by atoms with Crippen LogP contribution in [-0.4, -0.2) is 33.6 Å². The van der Waals surface area contributed by atoms with Crippen LogP contribution < -0.4 is 10.5 Å². The monoisotopic (exact) mass is 366 g/mol. The van der Waals surface area contributed by atoms with Gasteiger partial charge in [-0.05, 0) is 35.2 Å². The average Bonchev–Trinajstić information content (AvgIpc) is 2.97. The minimum absolute atomic E-state index is 0.0794. The maximum absolute atomic E-state index is 11.8. The molecule has 1 amide bonds. The molecule has 2 rings (SSSR count). The summed E-state index contributed by atoms with van der Waals surface area (Å²) in [6.45, 7) is 1.20. The Morgan fingerprint density at radius 2 is 2.30 bits per heavy atom. The molecule has 0 bridgehead atoms. The molecule has 0 saturated carbocycles. The summed E-state index contributed by atoms with van der Waals surface area (Å²) in [5.41, 5.74) is 0. The maximum atomic E-state index is 11.8. The number of halogens is 1. The molecule has 1 fully saturated rings. The fraction of sp³-hybridized carbons (Fsp3) is 0.545. The summed E-state index contributed by atoms with van der Waals surface area (Å²) < 4.78 is 32.8. The van der Waals surface area contributed by atoms with Gasteiger partial charge in [-0.25, -0.2) is 13.6 Å². The lowest BCUT2D eigenvalue weighted by Gasteiger charge is -2.08. The topological polar surface area (TPSA) is 112 Å². The second-order valence-corrected chi connectivity index (χ2v) is 6.72. The Balaban J connectivity index is 1.92. The summed E-state index contributed by atoms with van der Waals surface area (Å²) in [7, 11) is -3.92. The number of hydrogen-bond donors (Lipinski definition) is 2. The third kappa shape index (κ3) is 3.81. The van der Waals surface area contributed by atoms with E-state index in [-0.39, 0.29) is 21.4 Å². The summed E-state index contributed by atoms with van der Waals surface area (Å²) in [4.78, 5) is 11.6. The zero-order chi connectivity index (χ0) is 14.8. The predicted octanol–water partition coefficient (Wildman–Crippen LogP) is 0.988. The standard InChI is InChI=1S/C11H15BrN2O5S/c12-10-9(20(13,16)17)6-8(19-10)11(15)14-4-3-7-2-1-5-18-7/h6-7H,1-5H2,(H,14,15)(H2,13,16,17). The minimum atomic E-state index is -3.92. The Morgan fingerprint density at radius 3 is 2.85 bits per heavy atom. The lowest BCUT2D eigenvalue weighted by molar-refractivity contribution is 0.0883. The highest BCUT2D eigenvalue weighted by Crippen LogP contribution is 2.25. The van der Waals surface area contributed by atoms with Gasteiger partial charge in [-0.15, -0.1) is 0 Å². The van der Waals surface area contributed by atoms with E-state index < -0.39 is 15.9 Å². The number of nitrogens with one attached hydrogen (secondary N) is 1. The molecular formula is C11H15BrN2O5S. The predicted molar refractivity (Wildman–Crippen MR) is 73.7 cm³/mol. The molecule has 2 heterocycles. The van der Waals surface area contributed by atoms with Gasteiger partial charge < -0.3 is 14.5 Å². The lowest BCUT2D eigenvalue weighted by Crippen LogP contribution is -2.26. The van der Waals surface area contributed by atoms with Crippen LogP contribution in [0.3, 0.4) is 0 Å². The van der Waals surface area contributed by atoms with E-state index in [2.05, 4.69) is 21.2 Å². The number of amides is 1. The highest BCUT2D eigenvalue weighted by Gasteiger charge is 2.22. The van der Waals surface area contributed by atoms with E-state index >= 15 is 0 Å². The minimum Gasteiger partial charge on any atom is -0.443 e. The molecule has 0 spiro atoms. The van der Waals surface area contributed by atoms with Gasteiger partial charge in [0.2, 0.25) is 10.0 Å². The van der Waals surface area contributed by atoms with Crippen LogP contribution in [0.1, 0.15) is 29.8 Å². The first-order valence-electron chi connectivity index (χ1n) is 6.10. The van der Waals surface area contributed by atoms with Crippen molar-refractivity contribution in [1.82, 2.24) is 5.32 Å². The number of ether oxygens (including phenoxy) is 1. The van der Waals surface area contributed by atoms with E-state index in [0.717, 1.165) is 31.9 Å². The van der Waals surface area contributed by atoms with Crippen LogP contribution in [0, 0.1) is 0 Å².